The molecule has 8 heteroatoms. The van der Waals surface area contributed by atoms with Crippen molar-refractivity contribution in [1.29, 1.82) is 0 Å². The smallest absolute Gasteiger partial charge is 0.275 e. The third kappa shape index (κ3) is 3.44. The number of halogens is 1. The van der Waals surface area contributed by atoms with Gasteiger partial charge in [0.1, 0.15) is 21.7 Å². The molecule has 0 saturated carbocycles. The Morgan fingerprint density at radius 3 is 2.72 bits per heavy atom. The van der Waals surface area contributed by atoms with E-state index in [4.69, 9.17) is 0 Å². The van der Waals surface area contributed by atoms with E-state index < -0.39 is 11.7 Å². The third-order valence-electron chi connectivity index (χ3n) is 5.15. The summed E-state index contributed by atoms with van der Waals surface area (Å²) >= 11 is 1.32. The van der Waals surface area contributed by atoms with Crippen molar-refractivity contribution in [2.75, 3.05) is 5.32 Å². The van der Waals surface area contributed by atoms with Crippen molar-refractivity contribution in [2.24, 2.45) is 0 Å². The van der Waals surface area contributed by atoms with E-state index in [1.807, 2.05) is 19.9 Å². The molecule has 0 aliphatic rings. The van der Waals surface area contributed by atoms with Crippen LogP contribution in [0.4, 0.5) is 10.1 Å². The van der Waals surface area contributed by atoms with Gasteiger partial charge in [-0.15, -0.1) is 11.3 Å². The Morgan fingerprint density at radius 2 is 1.91 bits per heavy atom. The van der Waals surface area contributed by atoms with Gasteiger partial charge in [0.15, 0.2) is 0 Å². The van der Waals surface area contributed by atoms with Crippen molar-refractivity contribution in [3.8, 4) is 5.69 Å². The molecule has 3 heterocycles. The van der Waals surface area contributed by atoms with E-state index in [0.29, 0.717) is 27.2 Å². The second-order valence-corrected chi connectivity index (χ2v) is 8.47. The minimum absolute atomic E-state index is 0.224. The largest absolute Gasteiger partial charge is 0.322 e. The highest BCUT2D eigenvalue weighted by molar-refractivity contribution is 7.25. The van der Waals surface area contributed by atoms with Crippen molar-refractivity contribution in [3.05, 3.63) is 93.9 Å². The fraction of sp³-hybridized carbons (Fsp3) is 0.0833. The molecular formula is C24H17FN4O2S. The minimum atomic E-state index is -0.439. The van der Waals surface area contributed by atoms with Crippen molar-refractivity contribution < 1.29 is 9.18 Å². The number of aromatic nitrogens is 3. The highest BCUT2D eigenvalue weighted by Crippen LogP contribution is 2.31. The number of amides is 1. The summed E-state index contributed by atoms with van der Waals surface area (Å²) in [6.45, 7) is 3.90. The number of pyridine rings is 1. The molecule has 0 radical (unpaired) electrons. The van der Waals surface area contributed by atoms with Crippen LogP contribution in [0.3, 0.4) is 0 Å². The maximum Gasteiger partial charge on any atom is 0.275 e. The summed E-state index contributed by atoms with van der Waals surface area (Å²) in [6.07, 6.45) is 1.47. The number of benzene rings is 2. The van der Waals surface area contributed by atoms with Crippen molar-refractivity contribution >= 4 is 43.4 Å². The van der Waals surface area contributed by atoms with Crippen LogP contribution in [-0.4, -0.2) is 20.4 Å². The Labute approximate surface area is 186 Å². The quantitative estimate of drug-likeness (QED) is 0.425. The molecule has 0 spiro atoms. The van der Waals surface area contributed by atoms with Gasteiger partial charge in [-0.25, -0.2) is 14.4 Å². The zero-order valence-electron chi connectivity index (χ0n) is 17.2. The molecule has 1 N–H and O–H groups in total. The average Bonchev–Trinajstić information content (AvgIpc) is 3.13. The zero-order valence-corrected chi connectivity index (χ0v) is 18.0. The molecule has 0 unspecified atom stereocenters. The van der Waals surface area contributed by atoms with Gasteiger partial charge < -0.3 is 5.32 Å². The summed E-state index contributed by atoms with van der Waals surface area (Å²) in [5.74, 6) is -0.845. The van der Waals surface area contributed by atoms with Crippen LogP contribution >= 0.6 is 11.3 Å². The van der Waals surface area contributed by atoms with E-state index in [9.17, 15) is 14.0 Å². The van der Waals surface area contributed by atoms with Crippen LogP contribution in [0.15, 0.2) is 65.7 Å². The van der Waals surface area contributed by atoms with Gasteiger partial charge in [0.05, 0.1) is 11.2 Å². The van der Waals surface area contributed by atoms with E-state index in [-0.39, 0.29) is 5.56 Å². The maximum atomic E-state index is 13.4. The predicted molar refractivity (Wildman–Crippen MR) is 124 cm³/mol. The molecule has 2 aromatic carbocycles. The molecule has 32 heavy (non-hydrogen) atoms. The molecule has 0 fully saturated rings. The number of hydrogen-bond donors (Lipinski definition) is 1. The topological polar surface area (TPSA) is 76.9 Å². The summed E-state index contributed by atoms with van der Waals surface area (Å²) in [5, 5.41) is 3.55. The predicted octanol–water partition coefficient (Wildman–Crippen LogP) is 5.00. The van der Waals surface area contributed by atoms with E-state index in [1.165, 1.54) is 40.4 Å². The van der Waals surface area contributed by atoms with Gasteiger partial charge in [0.2, 0.25) is 0 Å². The van der Waals surface area contributed by atoms with E-state index in [1.54, 1.807) is 30.3 Å². The highest BCUT2D eigenvalue weighted by atomic mass is 32.1. The van der Waals surface area contributed by atoms with Crippen LogP contribution in [0.25, 0.3) is 26.1 Å². The Kier molecular flexibility index (Phi) is 4.79. The number of anilines is 1. The molecule has 0 aliphatic heterocycles. The normalized spacial score (nSPS) is 11.2. The van der Waals surface area contributed by atoms with Gasteiger partial charge in [-0.2, -0.15) is 0 Å². The first-order valence-electron chi connectivity index (χ1n) is 9.86. The molecule has 0 bridgehead atoms. The summed E-state index contributed by atoms with van der Waals surface area (Å²) in [6, 6.07) is 14.3. The first-order valence-corrected chi connectivity index (χ1v) is 10.7. The third-order valence-corrected chi connectivity index (χ3v) is 6.21. The molecule has 1 amide bonds. The Hall–Kier alpha value is -3.91. The molecule has 0 saturated heterocycles. The minimum Gasteiger partial charge on any atom is -0.322 e. The van der Waals surface area contributed by atoms with Crippen molar-refractivity contribution in [2.45, 2.75) is 13.8 Å². The van der Waals surface area contributed by atoms with Crippen molar-refractivity contribution in [3.63, 3.8) is 0 Å². The SMILES string of the molecule is Cc1cc(C)c2c(n1)sc1c(=O)n(-c3cccc(C(=O)Nc4cccc(F)c4)c3)cnc12. The molecule has 6 nitrogen and oxygen atoms in total. The van der Waals surface area contributed by atoms with Crippen molar-refractivity contribution in [1.82, 2.24) is 14.5 Å². The molecule has 3 aromatic heterocycles. The Bertz CT molecular complexity index is 1590. The lowest BCUT2D eigenvalue weighted by Crippen LogP contribution is -2.19. The lowest BCUT2D eigenvalue weighted by atomic mass is 10.1. The molecule has 5 aromatic rings. The van der Waals surface area contributed by atoms with Crippen LogP contribution in [0.1, 0.15) is 21.6 Å². The molecule has 5 rings (SSSR count). The van der Waals surface area contributed by atoms with Gasteiger partial charge in [-0.1, -0.05) is 12.1 Å². The monoisotopic (exact) mass is 444 g/mol. The fourth-order valence-electron chi connectivity index (χ4n) is 3.72. The lowest BCUT2D eigenvalue weighted by molar-refractivity contribution is 0.102. The molecule has 158 valence electrons. The number of fused-ring (bicyclic) bond motifs is 3. The first-order chi connectivity index (χ1) is 15.4. The fourth-order valence-corrected chi connectivity index (χ4v) is 4.90. The standard InChI is InChI=1S/C24H17FN4O2S/c1-13-9-14(2)27-23-19(13)20-21(32-23)24(31)29(12-26-20)18-8-3-5-15(10-18)22(30)28-17-7-4-6-16(25)11-17/h3-12H,1-2H3,(H,28,30). The van der Waals surface area contributed by atoms with Gasteiger partial charge in [-0.05, 0) is 61.9 Å². The van der Waals surface area contributed by atoms with Crippen LogP contribution in [0.5, 0.6) is 0 Å². The molecule has 0 atom stereocenters. The van der Waals surface area contributed by atoms with Gasteiger partial charge in [0, 0.05) is 22.3 Å². The number of nitrogens with zero attached hydrogens (tertiary/aromatic N) is 3. The summed E-state index contributed by atoms with van der Waals surface area (Å²) < 4.78 is 15.3. The number of nitrogens with one attached hydrogen (secondary N) is 1. The highest BCUT2D eigenvalue weighted by Gasteiger charge is 2.16. The molecular weight excluding hydrogens is 427 g/mol. The number of carbonyl (C=O) groups is 1. The van der Waals surface area contributed by atoms with Crippen LogP contribution in [-0.2, 0) is 0 Å². The van der Waals surface area contributed by atoms with Crippen LogP contribution in [0, 0.1) is 19.7 Å². The number of hydrogen-bond acceptors (Lipinski definition) is 5. The second kappa shape index (κ2) is 7.65. The van der Waals surface area contributed by atoms with E-state index in [0.717, 1.165) is 21.5 Å². The zero-order chi connectivity index (χ0) is 22.4. The number of rotatable bonds is 3. The lowest BCUT2D eigenvalue weighted by Gasteiger charge is -2.09. The van der Waals surface area contributed by atoms with E-state index >= 15 is 0 Å². The van der Waals surface area contributed by atoms with Gasteiger partial charge >= 0.3 is 0 Å². The second-order valence-electron chi connectivity index (χ2n) is 7.48. The van der Waals surface area contributed by atoms with E-state index in [2.05, 4.69) is 15.3 Å². The first kappa shape index (κ1) is 20.0. The number of aryl methyl sites for hydroxylation is 2. The average molecular weight is 444 g/mol. The summed E-state index contributed by atoms with van der Waals surface area (Å²) in [5.41, 5.74) is 3.52. The summed E-state index contributed by atoms with van der Waals surface area (Å²) in [7, 11) is 0. The molecule has 0 aliphatic carbocycles. The van der Waals surface area contributed by atoms with Gasteiger partial charge in [0.25, 0.3) is 11.5 Å². The summed E-state index contributed by atoms with van der Waals surface area (Å²) in [4.78, 5) is 35.8. The Morgan fingerprint density at radius 1 is 1.09 bits per heavy atom. The number of thiophene rings is 1. The van der Waals surface area contributed by atoms with Gasteiger partial charge in [-0.3, -0.25) is 14.2 Å². The number of carbonyl (C=O) groups excluding carboxylic acids is 1. The van der Waals surface area contributed by atoms with Crippen LogP contribution in [0.2, 0.25) is 0 Å². The van der Waals surface area contributed by atoms with Crippen LogP contribution < -0.4 is 10.9 Å². The Balaban J connectivity index is 1.56. The maximum absolute atomic E-state index is 13.4.